The van der Waals surface area contributed by atoms with E-state index >= 15 is 0 Å². The Labute approximate surface area is 171 Å². The van der Waals surface area contributed by atoms with Crippen molar-refractivity contribution in [3.8, 4) is 0 Å². The highest BCUT2D eigenvalue weighted by Gasteiger charge is 2.22. The van der Waals surface area contributed by atoms with E-state index in [-0.39, 0.29) is 0 Å². The third kappa shape index (κ3) is 1.46. The van der Waals surface area contributed by atoms with Crippen molar-refractivity contribution < 1.29 is 0 Å². The molecule has 0 saturated heterocycles. The fraction of sp³-hybridized carbons (Fsp3) is 0. The molecule has 0 N–H and O–H groups in total. The Bertz CT molecular complexity index is 1870. The van der Waals surface area contributed by atoms with E-state index in [1.54, 1.807) is 0 Å². The Hall–Kier alpha value is -2.66. The molecule has 0 radical (unpaired) electrons. The van der Waals surface area contributed by atoms with Gasteiger partial charge in [-0.25, -0.2) is 0 Å². The van der Waals surface area contributed by atoms with Crippen LogP contribution in [0.2, 0.25) is 0 Å². The van der Waals surface area contributed by atoms with Crippen LogP contribution in [0, 0.1) is 0 Å². The molecule has 0 spiro atoms. The molecule has 8 rings (SSSR count). The molecule has 0 fully saturated rings. The smallest absolute Gasteiger partial charge is 0.110 e. The molecule has 130 valence electrons. The van der Waals surface area contributed by atoms with Crippen molar-refractivity contribution in [1.82, 2.24) is 4.40 Å². The topological polar surface area (TPSA) is 4.41 Å². The molecule has 0 unspecified atom stereocenters. The lowest BCUT2D eigenvalue weighted by Gasteiger charge is -2.10. The fourth-order valence-electron chi connectivity index (χ4n) is 4.95. The van der Waals surface area contributed by atoms with Gasteiger partial charge in [0.2, 0.25) is 0 Å². The van der Waals surface area contributed by atoms with Crippen LogP contribution >= 0.6 is 34.0 Å². The molecule has 4 heteroatoms. The molecule has 0 bridgehead atoms. The third-order valence-electron chi connectivity index (χ3n) is 6.04. The normalized spacial score (nSPS) is 13.0. The van der Waals surface area contributed by atoms with E-state index in [2.05, 4.69) is 70.4 Å². The molecule has 0 atom stereocenters. The molecule has 0 aliphatic carbocycles. The predicted molar refractivity (Wildman–Crippen MR) is 127 cm³/mol. The number of hydrogen-bond donors (Lipinski definition) is 0. The van der Waals surface area contributed by atoms with Crippen molar-refractivity contribution in [3.63, 3.8) is 0 Å². The van der Waals surface area contributed by atoms with E-state index < -0.39 is 0 Å². The minimum atomic E-state index is 1.32. The van der Waals surface area contributed by atoms with Gasteiger partial charge in [-0.05, 0) is 28.3 Å². The molecule has 3 aromatic carbocycles. The maximum absolute atomic E-state index is 2.53. The van der Waals surface area contributed by atoms with Crippen LogP contribution < -0.4 is 0 Å². The maximum atomic E-state index is 2.53. The number of aromatic nitrogens is 1. The summed E-state index contributed by atoms with van der Waals surface area (Å²) in [4.78, 5) is 1.38. The SMILES string of the molecule is c1cc2ccc3c4ccccc4n4c5sc6c7sccc7sc6c5c(c1)c2c34. The summed E-state index contributed by atoms with van der Waals surface area (Å²) < 4.78 is 8.31. The van der Waals surface area contributed by atoms with Crippen LogP contribution in [0.1, 0.15) is 0 Å². The average Bonchev–Trinajstić information content (AvgIpc) is 3.45. The fourth-order valence-corrected chi connectivity index (χ4v) is 8.99. The first-order valence-corrected chi connectivity index (χ1v) is 11.8. The lowest BCUT2D eigenvalue weighted by Crippen LogP contribution is -1.89. The zero-order chi connectivity index (χ0) is 18.0. The second-order valence-electron chi connectivity index (χ2n) is 7.37. The first kappa shape index (κ1) is 14.4. The lowest BCUT2D eigenvalue weighted by atomic mass is 10.0. The van der Waals surface area contributed by atoms with Crippen molar-refractivity contribution >= 4 is 101 Å². The van der Waals surface area contributed by atoms with Gasteiger partial charge in [-0.2, -0.15) is 0 Å². The van der Waals surface area contributed by atoms with Gasteiger partial charge in [0.1, 0.15) is 4.83 Å². The van der Waals surface area contributed by atoms with Crippen LogP contribution in [0.5, 0.6) is 0 Å². The van der Waals surface area contributed by atoms with Crippen molar-refractivity contribution in [3.05, 3.63) is 66.0 Å². The van der Waals surface area contributed by atoms with Crippen LogP contribution in [-0.2, 0) is 0 Å². The Morgan fingerprint density at radius 2 is 1.57 bits per heavy atom. The predicted octanol–water partition coefficient (Wildman–Crippen LogP) is 8.48. The van der Waals surface area contributed by atoms with Gasteiger partial charge >= 0.3 is 0 Å². The van der Waals surface area contributed by atoms with E-state index in [4.69, 9.17) is 0 Å². The molecule has 1 nitrogen and oxygen atoms in total. The number of nitrogens with zero attached hydrogens (tertiary/aromatic N) is 1. The standard InChI is InChI=1S/C24H11NS3/c1-2-7-16-13(5-1)14-9-8-12-4-3-6-15-18(12)20(14)25(16)24-19(15)22-23(28-24)21-17(27-22)10-11-26-21/h1-11H. The highest BCUT2D eigenvalue weighted by molar-refractivity contribution is 7.41. The third-order valence-corrected chi connectivity index (χ3v) is 9.73. The highest BCUT2D eigenvalue weighted by atomic mass is 32.1. The van der Waals surface area contributed by atoms with Crippen LogP contribution in [0.15, 0.2) is 66.0 Å². The molecule has 0 aliphatic rings. The number of benzene rings is 3. The molecule has 5 heterocycles. The number of fused-ring (bicyclic) bond motifs is 10. The van der Waals surface area contributed by atoms with E-state index in [0.717, 1.165) is 0 Å². The van der Waals surface area contributed by atoms with Gasteiger partial charge in [-0.1, -0.05) is 48.5 Å². The number of rotatable bonds is 0. The van der Waals surface area contributed by atoms with Crippen molar-refractivity contribution in [2.75, 3.05) is 0 Å². The Balaban J connectivity index is 1.86. The van der Waals surface area contributed by atoms with E-state index in [0.29, 0.717) is 0 Å². The van der Waals surface area contributed by atoms with E-state index in [9.17, 15) is 0 Å². The average molecular weight is 410 g/mol. The summed E-state index contributed by atoms with van der Waals surface area (Å²) in [7, 11) is 0. The van der Waals surface area contributed by atoms with Gasteiger partial charge in [0.25, 0.3) is 0 Å². The largest absolute Gasteiger partial charge is 0.299 e. The Morgan fingerprint density at radius 1 is 0.643 bits per heavy atom. The minimum Gasteiger partial charge on any atom is -0.299 e. The summed E-state index contributed by atoms with van der Waals surface area (Å²) in [6.45, 7) is 0. The molecular weight excluding hydrogens is 398 g/mol. The molecular formula is C24H11NS3. The van der Waals surface area contributed by atoms with Gasteiger partial charge in [0.15, 0.2) is 0 Å². The van der Waals surface area contributed by atoms with Crippen LogP contribution in [0.3, 0.4) is 0 Å². The van der Waals surface area contributed by atoms with Crippen molar-refractivity contribution in [2.45, 2.75) is 0 Å². The minimum absolute atomic E-state index is 1.32. The zero-order valence-corrected chi connectivity index (χ0v) is 17.0. The maximum Gasteiger partial charge on any atom is 0.110 e. The molecule has 8 aromatic rings. The first-order valence-electron chi connectivity index (χ1n) is 9.28. The van der Waals surface area contributed by atoms with Gasteiger partial charge in [-0.15, -0.1) is 34.0 Å². The van der Waals surface area contributed by atoms with Gasteiger partial charge < -0.3 is 0 Å². The summed E-state index contributed by atoms with van der Waals surface area (Å²) in [6.07, 6.45) is 0. The van der Waals surface area contributed by atoms with Gasteiger partial charge in [-0.3, -0.25) is 4.40 Å². The summed E-state index contributed by atoms with van der Waals surface area (Å²) in [5.74, 6) is 0. The Morgan fingerprint density at radius 3 is 2.57 bits per heavy atom. The Kier molecular flexibility index (Phi) is 2.39. The quantitative estimate of drug-likeness (QED) is 0.236. The van der Waals surface area contributed by atoms with Gasteiger partial charge in [0, 0.05) is 26.2 Å². The van der Waals surface area contributed by atoms with Gasteiger partial charge in [0.05, 0.1) is 25.1 Å². The number of hydrogen-bond acceptors (Lipinski definition) is 3. The zero-order valence-electron chi connectivity index (χ0n) is 14.5. The molecule has 5 aromatic heterocycles. The first-order chi connectivity index (χ1) is 13.9. The molecule has 0 aliphatic heterocycles. The van der Waals surface area contributed by atoms with Crippen LogP contribution in [0.25, 0.3) is 67.0 Å². The summed E-state index contributed by atoms with van der Waals surface area (Å²) in [5, 5.41) is 10.5. The summed E-state index contributed by atoms with van der Waals surface area (Å²) in [5.41, 5.74) is 2.69. The lowest BCUT2D eigenvalue weighted by molar-refractivity contribution is 1.38. The second-order valence-corrected chi connectivity index (χ2v) is 10.3. The molecule has 28 heavy (non-hydrogen) atoms. The van der Waals surface area contributed by atoms with Crippen molar-refractivity contribution in [1.29, 1.82) is 0 Å². The van der Waals surface area contributed by atoms with Crippen molar-refractivity contribution in [2.24, 2.45) is 0 Å². The highest BCUT2D eigenvalue weighted by Crippen LogP contribution is 2.51. The summed E-state index contributed by atoms with van der Waals surface area (Å²) >= 11 is 5.79. The van der Waals surface area contributed by atoms with Crippen LogP contribution in [0.4, 0.5) is 0 Å². The molecule has 0 amide bonds. The second kappa shape index (κ2) is 4.66. The number of para-hydroxylation sites is 1. The monoisotopic (exact) mass is 409 g/mol. The number of pyridine rings is 1. The van der Waals surface area contributed by atoms with E-state index in [1.165, 1.54) is 67.0 Å². The summed E-state index contributed by atoms with van der Waals surface area (Å²) in [6, 6.07) is 22.5. The van der Waals surface area contributed by atoms with E-state index in [1.807, 2.05) is 34.0 Å². The molecule has 0 saturated carbocycles. The number of thiophene rings is 3. The van der Waals surface area contributed by atoms with Crippen LogP contribution in [-0.4, -0.2) is 4.40 Å².